The Morgan fingerprint density at radius 3 is 2.76 bits per heavy atom. The van der Waals surface area contributed by atoms with Crippen LogP contribution in [0.2, 0.25) is 0 Å². The van der Waals surface area contributed by atoms with Crippen molar-refractivity contribution in [1.29, 1.82) is 0 Å². The number of benzene rings is 2. The number of H-pyrrole nitrogens is 1. The van der Waals surface area contributed by atoms with Crippen LogP contribution in [0.3, 0.4) is 0 Å². The lowest BCUT2D eigenvalue weighted by atomic mass is 9.96. The first-order valence-corrected chi connectivity index (χ1v) is 6.74. The molecule has 1 N–H and O–H groups in total. The van der Waals surface area contributed by atoms with Crippen LogP contribution < -0.4 is 0 Å². The Bertz CT molecular complexity index is 780. The fraction of sp³-hybridized carbons (Fsp3) is 0.188. The van der Waals surface area contributed by atoms with Gasteiger partial charge >= 0.3 is 5.97 Å². The summed E-state index contributed by atoms with van der Waals surface area (Å²) >= 11 is 0. The Hall–Kier alpha value is -2.69. The number of carbonyl (C=O) groups is 1. The summed E-state index contributed by atoms with van der Waals surface area (Å²) < 4.78 is 4.71. The number of rotatable bonds is 4. The van der Waals surface area contributed by atoms with Crippen LogP contribution >= 0.6 is 0 Å². The first-order valence-electron chi connectivity index (χ1n) is 6.74. The van der Waals surface area contributed by atoms with Gasteiger partial charge in [0.15, 0.2) is 0 Å². The van der Waals surface area contributed by atoms with Crippen LogP contribution in [-0.4, -0.2) is 28.5 Å². The van der Waals surface area contributed by atoms with Gasteiger partial charge in [0.05, 0.1) is 7.11 Å². The van der Waals surface area contributed by atoms with Crippen molar-refractivity contribution in [2.24, 2.45) is 0 Å². The van der Waals surface area contributed by atoms with E-state index in [4.69, 9.17) is 4.74 Å². The number of aromatic amines is 1. The summed E-state index contributed by atoms with van der Waals surface area (Å²) in [4.78, 5) is 11.4. The van der Waals surface area contributed by atoms with E-state index in [2.05, 4.69) is 15.4 Å². The Kier molecular flexibility index (Phi) is 3.64. The molecule has 0 aliphatic rings. The van der Waals surface area contributed by atoms with E-state index >= 15 is 0 Å². The number of methoxy groups -OCH3 is 1. The van der Waals surface area contributed by atoms with Gasteiger partial charge in [-0.1, -0.05) is 36.4 Å². The highest BCUT2D eigenvalue weighted by molar-refractivity contribution is 5.92. The zero-order valence-corrected chi connectivity index (χ0v) is 11.7. The lowest BCUT2D eigenvalue weighted by molar-refractivity contribution is -0.140. The molecule has 0 bridgehead atoms. The average molecular weight is 281 g/mol. The third-order valence-corrected chi connectivity index (χ3v) is 3.48. The lowest BCUT2D eigenvalue weighted by Gasteiger charge is -2.09. The van der Waals surface area contributed by atoms with Crippen molar-refractivity contribution in [3.8, 4) is 11.1 Å². The van der Waals surface area contributed by atoms with E-state index in [1.54, 1.807) is 0 Å². The van der Waals surface area contributed by atoms with Gasteiger partial charge in [-0.3, -0.25) is 4.79 Å². The molecule has 106 valence electrons. The standard InChI is InChI=1S/C16H15N3O2/c1-21-15(20)10-9-11-5-2-3-6-12(11)13-7-4-8-14-16(13)18-19-17-14/h2-8H,9-10H2,1H3,(H,17,18,19). The molecule has 0 saturated heterocycles. The largest absolute Gasteiger partial charge is 0.469 e. The molecule has 0 aliphatic heterocycles. The molecule has 0 fully saturated rings. The Morgan fingerprint density at radius 1 is 1.10 bits per heavy atom. The fourth-order valence-electron chi connectivity index (χ4n) is 2.43. The van der Waals surface area contributed by atoms with E-state index in [1.807, 2.05) is 42.5 Å². The molecule has 0 amide bonds. The van der Waals surface area contributed by atoms with E-state index in [0.717, 1.165) is 27.7 Å². The zero-order chi connectivity index (χ0) is 14.7. The smallest absolute Gasteiger partial charge is 0.305 e. The van der Waals surface area contributed by atoms with Gasteiger partial charge in [-0.05, 0) is 23.6 Å². The van der Waals surface area contributed by atoms with Crippen LogP contribution in [0.15, 0.2) is 42.5 Å². The predicted octanol–water partition coefficient (Wildman–Crippen LogP) is 2.73. The van der Waals surface area contributed by atoms with Gasteiger partial charge in [0, 0.05) is 12.0 Å². The minimum absolute atomic E-state index is 0.204. The molecule has 5 nitrogen and oxygen atoms in total. The van der Waals surface area contributed by atoms with Crippen molar-refractivity contribution >= 4 is 17.0 Å². The van der Waals surface area contributed by atoms with Gasteiger partial charge in [0.1, 0.15) is 11.0 Å². The molecule has 1 aromatic heterocycles. The number of hydrogen-bond acceptors (Lipinski definition) is 4. The maximum atomic E-state index is 11.4. The molecule has 0 unspecified atom stereocenters. The Balaban J connectivity index is 2.02. The molecule has 0 atom stereocenters. The maximum absolute atomic E-state index is 11.4. The van der Waals surface area contributed by atoms with Gasteiger partial charge in [-0.15, -0.1) is 0 Å². The summed E-state index contributed by atoms with van der Waals surface area (Å²) in [6, 6.07) is 13.9. The van der Waals surface area contributed by atoms with E-state index in [-0.39, 0.29) is 5.97 Å². The molecule has 0 radical (unpaired) electrons. The summed E-state index contributed by atoms with van der Waals surface area (Å²) in [6.07, 6.45) is 0.999. The van der Waals surface area contributed by atoms with E-state index in [9.17, 15) is 4.79 Å². The van der Waals surface area contributed by atoms with Crippen molar-refractivity contribution in [2.75, 3.05) is 7.11 Å². The number of aryl methyl sites for hydroxylation is 1. The summed E-state index contributed by atoms with van der Waals surface area (Å²) in [7, 11) is 1.41. The number of aromatic nitrogens is 3. The fourth-order valence-corrected chi connectivity index (χ4v) is 2.43. The van der Waals surface area contributed by atoms with Gasteiger partial charge in [0.2, 0.25) is 0 Å². The third kappa shape index (κ3) is 2.63. The van der Waals surface area contributed by atoms with Crippen molar-refractivity contribution < 1.29 is 9.53 Å². The molecule has 21 heavy (non-hydrogen) atoms. The molecular weight excluding hydrogens is 266 g/mol. The molecule has 5 heteroatoms. The van der Waals surface area contributed by atoms with Crippen LogP contribution in [0.5, 0.6) is 0 Å². The SMILES string of the molecule is COC(=O)CCc1ccccc1-c1cccc2n[nH]nc12. The van der Waals surface area contributed by atoms with Crippen LogP contribution in [-0.2, 0) is 16.0 Å². The van der Waals surface area contributed by atoms with Crippen molar-refractivity contribution in [2.45, 2.75) is 12.8 Å². The van der Waals surface area contributed by atoms with Crippen LogP contribution in [0, 0.1) is 0 Å². The lowest BCUT2D eigenvalue weighted by Crippen LogP contribution is -2.02. The highest BCUT2D eigenvalue weighted by Gasteiger charge is 2.11. The number of nitrogens with zero attached hydrogens (tertiary/aromatic N) is 2. The zero-order valence-electron chi connectivity index (χ0n) is 11.7. The first kappa shape index (κ1) is 13.3. The summed E-state index contributed by atoms with van der Waals surface area (Å²) in [5.41, 5.74) is 4.85. The topological polar surface area (TPSA) is 67.9 Å². The molecule has 0 saturated carbocycles. The number of carbonyl (C=O) groups excluding carboxylic acids is 1. The number of hydrogen-bond donors (Lipinski definition) is 1. The molecule has 0 aliphatic carbocycles. The number of ether oxygens (including phenoxy) is 1. The number of esters is 1. The van der Waals surface area contributed by atoms with Gasteiger partial charge in [0.25, 0.3) is 0 Å². The second-order valence-corrected chi connectivity index (χ2v) is 4.73. The first-order chi connectivity index (χ1) is 10.3. The maximum Gasteiger partial charge on any atom is 0.305 e. The summed E-state index contributed by atoms with van der Waals surface area (Å²) in [6.45, 7) is 0. The number of para-hydroxylation sites is 1. The monoisotopic (exact) mass is 281 g/mol. The van der Waals surface area contributed by atoms with Crippen molar-refractivity contribution in [3.63, 3.8) is 0 Å². The molecule has 3 aromatic rings. The molecule has 3 rings (SSSR count). The van der Waals surface area contributed by atoms with E-state index in [1.165, 1.54) is 7.11 Å². The molecule has 1 heterocycles. The Labute approximate surface area is 121 Å². The molecule has 0 spiro atoms. The van der Waals surface area contributed by atoms with Gasteiger partial charge in [-0.2, -0.15) is 15.4 Å². The minimum atomic E-state index is -0.204. The van der Waals surface area contributed by atoms with Gasteiger partial charge < -0.3 is 4.74 Å². The van der Waals surface area contributed by atoms with Crippen LogP contribution in [0.25, 0.3) is 22.2 Å². The van der Waals surface area contributed by atoms with Crippen LogP contribution in [0.1, 0.15) is 12.0 Å². The van der Waals surface area contributed by atoms with Crippen molar-refractivity contribution in [1.82, 2.24) is 15.4 Å². The van der Waals surface area contributed by atoms with E-state index < -0.39 is 0 Å². The second kappa shape index (κ2) is 5.75. The molecular formula is C16H15N3O2. The Morgan fingerprint density at radius 2 is 1.90 bits per heavy atom. The normalized spacial score (nSPS) is 10.7. The third-order valence-electron chi connectivity index (χ3n) is 3.48. The predicted molar refractivity (Wildman–Crippen MR) is 79.7 cm³/mol. The molecule has 2 aromatic carbocycles. The number of fused-ring (bicyclic) bond motifs is 1. The highest BCUT2D eigenvalue weighted by atomic mass is 16.5. The average Bonchev–Trinajstić information content (AvgIpc) is 3.01. The van der Waals surface area contributed by atoms with E-state index in [0.29, 0.717) is 12.8 Å². The second-order valence-electron chi connectivity index (χ2n) is 4.73. The minimum Gasteiger partial charge on any atom is -0.469 e. The highest BCUT2D eigenvalue weighted by Crippen LogP contribution is 2.29. The van der Waals surface area contributed by atoms with Crippen LogP contribution in [0.4, 0.5) is 0 Å². The quantitative estimate of drug-likeness (QED) is 0.747. The van der Waals surface area contributed by atoms with Crippen molar-refractivity contribution in [3.05, 3.63) is 48.0 Å². The van der Waals surface area contributed by atoms with Gasteiger partial charge in [-0.25, -0.2) is 0 Å². The summed E-state index contributed by atoms with van der Waals surface area (Å²) in [5.74, 6) is -0.204. The number of nitrogens with one attached hydrogen (secondary N) is 1. The summed E-state index contributed by atoms with van der Waals surface area (Å²) in [5, 5.41) is 11.0.